The van der Waals surface area contributed by atoms with Crippen molar-refractivity contribution in [1.29, 1.82) is 5.26 Å². The highest BCUT2D eigenvalue weighted by atomic mass is 19.1. The average Bonchev–Trinajstić information content (AvgIpc) is 2.87. The Kier molecular flexibility index (Phi) is 9.69. The van der Waals surface area contributed by atoms with Crippen molar-refractivity contribution in [2.24, 2.45) is 0 Å². The van der Waals surface area contributed by atoms with Crippen LogP contribution in [0.25, 0.3) is 0 Å². The molecular formula is C29H31F2N3O2. The predicted octanol–water partition coefficient (Wildman–Crippen LogP) is 4.65. The molecule has 1 amide bonds. The van der Waals surface area contributed by atoms with Crippen LogP contribution in [0.3, 0.4) is 0 Å². The third-order valence-electron chi connectivity index (χ3n) is 6.08. The molecule has 1 unspecified atom stereocenters. The van der Waals surface area contributed by atoms with Gasteiger partial charge in [0.2, 0.25) is 0 Å². The maximum atomic E-state index is 13.8. The summed E-state index contributed by atoms with van der Waals surface area (Å²) in [6, 6.07) is 19.3. The summed E-state index contributed by atoms with van der Waals surface area (Å²) in [4.78, 5) is 13.0. The number of aliphatic hydroxyl groups is 1. The number of aryl methyl sites for hydroxylation is 1. The first-order valence-electron chi connectivity index (χ1n) is 12.0. The van der Waals surface area contributed by atoms with E-state index < -0.39 is 29.7 Å². The summed E-state index contributed by atoms with van der Waals surface area (Å²) in [6.45, 7) is 4.50. The summed E-state index contributed by atoms with van der Waals surface area (Å²) in [5, 5.41) is 26.2. The van der Waals surface area contributed by atoms with Gasteiger partial charge in [-0.1, -0.05) is 43.3 Å². The highest BCUT2D eigenvalue weighted by molar-refractivity contribution is 5.94. The summed E-state index contributed by atoms with van der Waals surface area (Å²) < 4.78 is 27.6. The summed E-state index contributed by atoms with van der Waals surface area (Å²) in [7, 11) is 0. The first kappa shape index (κ1) is 27.0. The number of hydrogen-bond acceptors (Lipinski definition) is 4. The Morgan fingerprint density at radius 3 is 2.39 bits per heavy atom. The Labute approximate surface area is 210 Å². The molecule has 0 aliphatic rings. The molecule has 188 valence electrons. The lowest BCUT2D eigenvalue weighted by Crippen LogP contribution is -2.48. The Hall–Kier alpha value is -3.60. The number of hydrogen-bond donors (Lipinski definition) is 3. The van der Waals surface area contributed by atoms with Crippen molar-refractivity contribution < 1.29 is 18.7 Å². The van der Waals surface area contributed by atoms with Crippen molar-refractivity contribution >= 4 is 5.91 Å². The molecule has 0 aliphatic heterocycles. The second-order valence-electron chi connectivity index (χ2n) is 8.91. The van der Waals surface area contributed by atoms with E-state index in [1.807, 2.05) is 18.2 Å². The number of halogens is 2. The summed E-state index contributed by atoms with van der Waals surface area (Å²) in [5.41, 5.74) is 3.63. The third kappa shape index (κ3) is 7.70. The molecule has 0 saturated heterocycles. The minimum Gasteiger partial charge on any atom is -0.390 e. The van der Waals surface area contributed by atoms with Crippen LogP contribution in [0.2, 0.25) is 0 Å². The Bertz CT molecular complexity index is 1200. The molecule has 3 aromatic carbocycles. The monoisotopic (exact) mass is 491 g/mol. The minimum atomic E-state index is -1.03. The summed E-state index contributed by atoms with van der Waals surface area (Å²) in [5.74, 6) is -2.28. The van der Waals surface area contributed by atoms with E-state index in [-0.39, 0.29) is 18.9 Å². The summed E-state index contributed by atoms with van der Waals surface area (Å²) >= 11 is 0. The first-order valence-corrected chi connectivity index (χ1v) is 12.0. The lowest BCUT2D eigenvalue weighted by Gasteiger charge is -2.25. The second-order valence-corrected chi connectivity index (χ2v) is 8.91. The molecular weight excluding hydrogens is 460 g/mol. The van der Waals surface area contributed by atoms with Crippen molar-refractivity contribution in [3.05, 3.63) is 106 Å². The van der Waals surface area contributed by atoms with Crippen LogP contribution < -0.4 is 10.6 Å². The molecule has 0 aromatic heterocycles. The molecule has 7 heteroatoms. The first-order chi connectivity index (χ1) is 17.3. The van der Waals surface area contributed by atoms with Crippen molar-refractivity contribution in [3.8, 4) is 6.07 Å². The van der Waals surface area contributed by atoms with E-state index in [1.165, 1.54) is 17.7 Å². The fourth-order valence-corrected chi connectivity index (χ4v) is 4.01. The van der Waals surface area contributed by atoms with Crippen LogP contribution in [0.1, 0.15) is 52.4 Å². The zero-order chi connectivity index (χ0) is 26.1. The smallest absolute Gasteiger partial charge is 0.251 e. The van der Waals surface area contributed by atoms with E-state index in [2.05, 4.69) is 29.7 Å². The zero-order valence-electron chi connectivity index (χ0n) is 20.5. The van der Waals surface area contributed by atoms with Crippen LogP contribution in [0.5, 0.6) is 0 Å². The van der Waals surface area contributed by atoms with Crippen molar-refractivity contribution in [2.75, 3.05) is 6.54 Å². The van der Waals surface area contributed by atoms with Crippen LogP contribution in [-0.4, -0.2) is 29.7 Å². The number of nitrogens with zero attached hydrogens (tertiary/aromatic N) is 1. The number of benzene rings is 3. The summed E-state index contributed by atoms with van der Waals surface area (Å²) in [6.07, 6.45) is -0.0812. The van der Waals surface area contributed by atoms with Gasteiger partial charge in [0.15, 0.2) is 0 Å². The van der Waals surface area contributed by atoms with Crippen LogP contribution in [0.15, 0.2) is 66.7 Å². The number of carbonyl (C=O) groups is 1. The van der Waals surface area contributed by atoms with Gasteiger partial charge in [-0.25, -0.2) is 8.78 Å². The zero-order valence-corrected chi connectivity index (χ0v) is 20.5. The topological polar surface area (TPSA) is 85.2 Å². The van der Waals surface area contributed by atoms with Gasteiger partial charge in [-0.2, -0.15) is 5.26 Å². The number of nitriles is 1. The highest BCUT2D eigenvalue weighted by Crippen LogP contribution is 2.17. The van der Waals surface area contributed by atoms with E-state index in [1.54, 1.807) is 31.2 Å². The molecule has 0 fully saturated rings. The normalized spacial score (nSPS) is 13.4. The standard InChI is InChI=1S/C29H31F2N3O2/c1-3-20-6-4-7-21(10-20)17-33-18-28(35)27(13-22-11-25(30)15-26(31)12-22)34-29(36)24-9-5-8-23(14-24)19(2)16-32/h4-12,14-15,19,27-28,33,35H,3,13,17-18H2,1-2H3,(H,34,36)/t19?,27-,28+/m0/s1. The van der Waals surface area contributed by atoms with Gasteiger partial charge in [-0.05, 0) is 66.3 Å². The van der Waals surface area contributed by atoms with Crippen molar-refractivity contribution in [3.63, 3.8) is 0 Å². The lowest BCUT2D eigenvalue weighted by atomic mass is 9.98. The van der Waals surface area contributed by atoms with Crippen LogP contribution in [0, 0.1) is 23.0 Å². The molecule has 0 bridgehead atoms. The molecule has 36 heavy (non-hydrogen) atoms. The minimum absolute atomic E-state index is 0.0306. The number of carbonyl (C=O) groups excluding carboxylic acids is 1. The lowest BCUT2D eigenvalue weighted by molar-refractivity contribution is 0.0829. The molecule has 3 atom stereocenters. The van der Waals surface area contributed by atoms with E-state index in [9.17, 15) is 23.9 Å². The number of amides is 1. The molecule has 5 nitrogen and oxygen atoms in total. The van der Waals surface area contributed by atoms with Crippen molar-refractivity contribution in [2.45, 2.75) is 51.3 Å². The molecule has 0 spiro atoms. The molecule has 0 aliphatic carbocycles. The van der Waals surface area contributed by atoms with Crippen LogP contribution in [0.4, 0.5) is 8.78 Å². The highest BCUT2D eigenvalue weighted by Gasteiger charge is 2.23. The number of nitrogens with one attached hydrogen (secondary N) is 2. The quantitative estimate of drug-likeness (QED) is 0.365. The number of aliphatic hydroxyl groups excluding tert-OH is 1. The van der Waals surface area contributed by atoms with Gasteiger partial charge >= 0.3 is 0 Å². The van der Waals surface area contributed by atoms with Crippen LogP contribution >= 0.6 is 0 Å². The fraction of sp³-hybridized carbons (Fsp3) is 0.310. The van der Waals surface area contributed by atoms with Gasteiger partial charge in [0.1, 0.15) is 11.6 Å². The largest absolute Gasteiger partial charge is 0.390 e. The Balaban J connectivity index is 1.74. The SMILES string of the molecule is CCc1cccc(CNC[C@@H](O)[C@H](Cc2cc(F)cc(F)c2)NC(=O)c2cccc(C(C)C#N)c2)c1. The Morgan fingerprint density at radius 1 is 1.00 bits per heavy atom. The van der Waals surface area contributed by atoms with E-state index in [0.29, 0.717) is 23.2 Å². The Morgan fingerprint density at radius 2 is 1.69 bits per heavy atom. The van der Waals surface area contributed by atoms with E-state index >= 15 is 0 Å². The molecule has 0 saturated carbocycles. The third-order valence-corrected chi connectivity index (χ3v) is 6.08. The van der Waals surface area contributed by atoms with Gasteiger partial charge in [0.25, 0.3) is 5.91 Å². The fourth-order valence-electron chi connectivity index (χ4n) is 4.01. The maximum absolute atomic E-state index is 13.8. The molecule has 3 rings (SSSR count). The average molecular weight is 492 g/mol. The van der Waals surface area contributed by atoms with Gasteiger partial charge in [0, 0.05) is 24.7 Å². The van der Waals surface area contributed by atoms with E-state index in [0.717, 1.165) is 18.1 Å². The molecule has 3 aromatic rings. The van der Waals surface area contributed by atoms with Crippen LogP contribution in [-0.2, 0) is 19.4 Å². The maximum Gasteiger partial charge on any atom is 0.251 e. The van der Waals surface area contributed by atoms with Gasteiger partial charge in [-0.3, -0.25) is 4.79 Å². The van der Waals surface area contributed by atoms with Gasteiger partial charge in [-0.15, -0.1) is 0 Å². The van der Waals surface area contributed by atoms with Gasteiger partial charge in [0.05, 0.1) is 24.1 Å². The molecule has 0 heterocycles. The van der Waals surface area contributed by atoms with E-state index in [4.69, 9.17) is 0 Å². The number of rotatable bonds is 11. The molecule has 0 radical (unpaired) electrons. The second kappa shape index (κ2) is 12.9. The predicted molar refractivity (Wildman–Crippen MR) is 135 cm³/mol. The molecule has 3 N–H and O–H groups in total. The van der Waals surface area contributed by atoms with Crippen molar-refractivity contribution in [1.82, 2.24) is 10.6 Å². The van der Waals surface area contributed by atoms with Gasteiger partial charge < -0.3 is 15.7 Å².